The van der Waals surface area contributed by atoms with Gasteiger partial charge in [0.25, 0.3) is 5.91 Å². The summed E-state index contributed by atoms with van der Waals surface area (Å²) in [6.07, 6.45) is 0.277. The van der Waals surface area contributed by atoms with Gasteiger partial charge in [0, 0.05) is 22.0 Å². The van der Waals surface area contributed by atoms with Crippen LogP contribution in [0.1, 0.15) is 21.5 Å². The number of hydrogen-bond donors (Lipinski definition) is 2. The molecule has 0 saturated heterocycles. The first-order valence-corrected chi connectivity index (χ1v) is 8.90. The largest absolute Gasteiger partial charge is 0.326 e. The molecule has 5 heteroatoms. The monoisotopic (exact) mass is 378 g/mol. The summed E-state index contributed by atoms with van der Waals surface area (Å²) in [5.74, 6) is -0.404. The number of anilines is 2. The Hall–Kier alpha value is -3.11. The minimum absolute atomic E-state index is 0.135. The highest BCUT2D eigenvalue weighted by molar-refractivity contribution is 6.31. The number of rotatable bonds is 5. The molecule has 0 aliphatic heterocycles. The predicted octanol–water partition coefficient (Wildman–Crippen LogP) is 5.08. The second-order valence-electron chi connectivity index (χ2n) is 6.21. The van der Waals surface area contributed by atoms with Crippen LogP contribution in [0.15, 0.2) is 72.8 Å². The molecule has 0 saturated carbocycles. The summed E-state index contributed by atoms with van der Waals surface area (Å²) in [6, 6.07) is 21.7. The third-order valence-electron chi connectivity index (χ3n) is 4.05. The van der Waals surface area contributed by atoms with Gasteiger partial charge in [0.15, 0.2) is 0 Å². The van der Waals surface area contributed by atoms with Crippen molar-refractivity contribution in [2.75, 3.05) is 10.6 Å². The minimum atomic E-state index is -0.269. The molecule has 0 atom stereocenters. The molecule has 0 heterocycles. The number of hydrogen-bond acceptors (Lipinski definition) is 2. The number of benzene rings is 3. The molecule has 3 aromatic rings. The number of nitrogens with one attached hydrogen (secondary N) is 2. The van der Waals surface area contributed by atoms with Crippen LogP contribution in [-0.4, -0.2) is 11.8 Å². The van der Waals surface area contributed by atoms with E-state index in [1.165, 1.54) is 0 Å². The Bertz CT molecular complexity index is 971. The molecule has 27 heavy (non-hydrogen) atoms. The number of halogens is 1. The zero-order chi connectivity index (χ0) is 19.2. The average molecular weight is 379 g/mol. The number of amides is 2. The van der Waals surface area contributed by atoms with Gasteiger partial charge in [-0.05, 0) is 48.4 Å². The molecule has 0 aliphatic rings. The molecule has 0 aliphatic carbocycles. The third kappa shape index (κ3) is 5.19. The molecular weight excluding hydrogens is 360 g/mol. The molecular formula is C22H19ClN2O2. The van der Waals surface area contributed by atoms with Crippen LogP contribution in [-0.2, 0) is 11.2 Å². The first-order chi connectivity index (χ1) is 13.0. The Labute approximate surface area is 163 Å². The fourth-order valence-corrected chi connectivity index (χ4v) is 2.78. The van der Waals surface area contributed by atoms with Crippen molar-refractivity contribution in [3.63, 3.8) is 0 Å². The van der Waals surface area contributed by atoms with Crippen LogP contribution in [0.5, 0.6) is 0 Å². The van der Waals surface area contributed by atoms with Gasteiger partial charge < -0.3 is 10.6 Å². The topological polar surface area (TPSA) is 58.2 Å². The lowest BCUT2D eigenvalue weighted by Gasteiger charge is -2.09. The first-order valence-electron chi connectivity index (χ1n) is 8.52. The zero-order valence-electron chi connectivity index (χ0n) is 14.8. The molecule has 0 fully saturated rings. The van der Waals surface area contributed by atoms with Gasteiger partial charge in [-0.1, -0.05) is 54.1 Å². The Kier molecular flexibility index (Phi) is 5.89. The van der Waals surface area contributed by atoms with Crippen molar-refractivity contribution in [3.8, 4) is 0 Å². The maximum absolute atomic E-state index is 12.5. The smallest absolute Gasteiger partial charge is 0.255 e. The molecule has 0 radical (unpaired) electrons. The lowest BCUT2D eigenvalue weighted by molar-refractivity contribution is -0.115. The summed E-state index contributed by atoms with van der Waals surface area (Å²) in [5.41, 5.74) is 3.52. The van der Waals surface area contributed by atoms with E-state index in [0.29, 0.717) is 22.0 Å². The lowest BCUT2D eigenvalue weighted by atomic mass is 10.1. The fourth-order valence-electron chi connectivity index (χ4n) is 2.60. The first kappa shape index (κ1) is 18.7. The molecule has 4 nitrogen and oxygen atoms in total. The number of carbonyl (C=O) groups excluding carboxylic acids is 2. The molecule has 0 unspecified atom stereocenters. The molecule has 2 N–H and O–H groups in total. The molecule has 3 aromatic carbocycles. The third-order valence-corrected chi connectivity index (χ3v) is 4.45. The van der Waals surface area contributed by atoms with Crippen LogP contribution in [0.2, 0.25) is 5.02 Å². The second kappa shape index (κ2) is 8.52. The van der Waals surface area contributed by atoms with Crippen molar-refractivity contribution in [2.45, 2.75) is 13.3 Å². The van der Waals surface area contributed by atoms with Crippen molar-refractivity contribution in [1.82, 2.24) is 0 Å². The summed E-state index contributed by atoms with van der Waals surface area (Å²) in [5, 5.41) is 6.23. The predicted molar refractivity (Wildman–Crippen MR) is 109 cm³/mol. The molecule has 136 valence electrons. The SMILES string of the molecule is Cc1ccc(NC(=O)c2cccc(NC(=O)Cc3ccccc3)c2)cc1Cl. The van der Waals surface area contributed by atoms with Crippen LogP contribution < -0.4 is 10.6 Å². The van der Waals surface area contributed by atoms with Crippen LogP contribution in [0.3, 0.4) is 0 Å². The van der Waals surface area contributed by atoms with Gasteiger partial charge in [-0.15, -0.1) is 0 Å². The van der Waals surface area contributed by atoms with Gasteiger partial charge in [-0.2, -0.15) is 0 Å². The van der Waals surface area contributed by atoms with E-state index in [1.54, 1.807) is 36.4 Å². The lowest BCUT2D eigenvalue weighted by Crippen LogP contribution is -2.16. The van der Waals surface area contributed by atoms with E-state index < -0.39 is 0 Å². The quantitative estimate of drug-likeness (QED) is 0.650. The standard InChI is InChI=1S/C22H19ClN2O2/c1-15-10-11-19(14-20(15)23)25-22(27)17-8-5-9-18(13-17)24-21(26)12-16-6-3-2-4-7-16/h2-11,13-14H,12H2,1H3,(H,24,26)(H,25,27). The Morgan fingerprint density at radius 1 is 0.852 bits per heavy atom. The van der Waals surface area contributed by atoms with Crippen LogP contribution in [0.25, 0.3) is 0 Å². The highest BCUT2D eigenvalue weighted by atomic mass is 35.5. The van der Waals surface area contributed by atoms with Crippen LogP contribution in [0.4, 0.5) is 11.4 Å². The van der Waals surface area contributed by atoms with E-state index in [2.05, 4.69) is 10.6 Å². The van der Waals surface area contributed by atoms with E-state index in [-0.39, 0.29) is 18.2 Å². The van der Waals surface area contributed by atoms with Crippen LogP contribution in [0, 0.1) is 6.92 Å². The Morgan fingerprint density at radius 2 is 1.59 bits per heavy atom. The Balaban J connectivity index is 1.66. The van der Waals surface area contributed by atoms with Crippen molar-refractivity contribution in [3.05, 3.63) is 94.5 Å². The molecule has 2 amide bonds. The van der Waals surface area contributed by atoms with Crippen molar-refractivity contribution in [1.29, 1.82) is 0 Å². The van der Waals surface area contributed by atoms with Crippen molar-refractivity contribution in [2.24, 2.45) is 0 Å². The molecule has 0 aromatic heterocycles. The average Bonchev–Trinajstić information content (AvgIpc) is 2.65. The van der Waals surface area contributed by atoms with Gasteiger partial charge in [0.2, 0.25) is 5.91 Å². The summed E-state index contributed by atoms with van der Waals surface area (Å²) in [7, 11) is 0. The van der Waals surface area contributed by atoms with E-state index in [0.717, 1.165) is 11.1 Å². The maximum Gasteiger partial charge on any atom is 0.255 e. The summed E-state index contributed by atoms with van der Waals surface area (Å²) in [4.78, 5) is 24.7. The van der Waals surface area contributed by atoms with Gasteiger partial charge in [0.05, 0.1) is 6.42 Å². The van der Waals surface area contributed by atoms with Crippen molar-refractivity contribution >= 4 is 34.8 Å². The zero-order valence-corrected chi connectivity index (χ0v) is 15.6. The van der Waals surface area contributed by atoms with Crippen molar-refractivity contribution < 1.29 is 9.59 Å². The van der Waals surface area contributed by atoms with E-state index >= 15 is 0 Å². The number of carbonyl (C=O) groups is 2. The summed E-state index contributed by atoms with van der Waals surface area (Å²) in [6.45, 7) is 1.90. The van der Waals surface area contributed by atoms with Gasteiger partial charge in [0.1, 0.15) is 0 Å². The molecule has 0 spiro atoms. The van der Waals surface area contributed by atoms with Crippen LogP contribution >= 0.6 is 11.6 Å². The maximum atomic E-state index is 12.5. The minimum Gasteiger partial charge on any atom is -0.326 e. The molecule has 0 bridgehead atoms. The summed E-state index contributed by atoms with van der Waals surface area (Å²) < 4.78 is 0. The van der Waals surface area contributed by atoms with Gasteiger partial charge in [-0.25, -0.2) is 0 Å². The number of aryl methyl sites for hydroxylation is 1. The van der Waals surface area contributed by atoms with E-state index in [1.807, 2.05) is 43.3 Å². The second-order valence-corrected chi connectivity index (χ2v) is 6.62. The van der Waals surface area contributed by atoms with E-state index in [9.17, 15) is 9.59 Å². The van der Waals surface area contributed by atoms with Gasteiger partial charge in [-0.3, -0.25) is 9.59 Å². The summed E-state index contributed by atoms with van der Waals surface area (Å²) >= 11 is 6.09. The van der Waals surface area contributed by atoms with E-state index in [4.69, 9.17) is 11.6 Å². The normalized spacial score (nSPS) is 10.3. The van der Waals surface area contributed by atoms with Gasteiger partial charge >= 0.3 is 0 Å². The highest BCUT2D eigenvalue weighted by Gasteiger charge is 2.09. The fraction of sp³-hybridized carbons (Fsp3) is 0.0909. The molecule has 3 rings (SSSR count). The Morgan fingerprint density at radius 3 is 2.33 bits per heavy atom. The highest BCUT2D eigenvalue weighted by Crippen LogP contribution is 2.21.